The van der Waals surface area contributed by atoms with Crippen LogP contribution in [0.2, 0.25) is 0 Å². The number of anilines is 1. The van der Waals surface area contributed by atoms with Gasteiger partial charge in [0, 0.05) is 12.7 Å². The summed E-state index contributed by atoms with van der Waals surface area (Å²) in [6, 6.07) is 0. The van der Waals surface area contributed by atoms with Gasteiger partial charge in [-0.3, -0.25) is 0 Å². The average Bonchev–Trinajstić information content (AvgIpc) is 2.22. The first-order chi connectivity index (χ1) is 7.63. The van der Waals surface area contributed by atoms with Crippen LogP contribution in [0.25, 0.3) is 0 Å². The Morgan fingerprint density at radius 2 is 2.25 bits per heavy atom. The molecule has 0 aromatic carbocycles. The average molecular weight is 304 g/mol. The van der Waals surface area contributed by atoms with E-state index in [4.69, 9.17) is 0 Å². The molecule has 0 bridgehead atoms. The van der Waals surface area contributed by atoms with Crippen LogP contribution in [0.4, 0.5) is 5.95 Å². The lowest BCUT2D eigenvalue weighted by molar-refractivity contribution is 0.632. The molecular weight excluding hydrogens is 286 g/mol. The number of nitrogens with one attached hydrogen (secondary N) is 1. The molecule has 3 nitrogen and oxygen atoms in total. The van der Waals surface area contributed by atoms with E-state index in [-0.39, 0.29) is 0 Å². The molecule has 0 aliphatic heterocycles. The molecule has 0 aliphatic rings. The molecule has 5 heteroatoms. The van der Waals surface area contributed by atoms with Crippen molar-refractivity contribution in [2.75, 3.05) is 17.6 Å². The van der Waals surface area contributed by atoms with E-state index in [1.54, 1.807) is 11.8 Å². The minimum absolute atomic E-state index is 0.706. The normalized spacial score (nSPS) is 10.8. The standard InChI is InChI=1S/C11H18BrN3S/c1-4-13-11-14-7-9(12)10(15-11)16-6-5-8(2)3/h7-8H,4-6H2,1-3H3,(H,13,14,15). The highest BCUT2D eigenvalue weighted by Gasteiger charge is 2.05. The van der Waals surface area contributed by atoms with Crippen LogP contribution in [0.3, 0.4) is 0 Å². The summed E-state index contributed by atoms with van der Waals surface area (Å²) < 4.78 is 0.975. The summed E-state index contributed by atoms with van der Waals surface area (Å²) in [5.74, 6) is 2.54. The maximum atomic E-state index is 4.45. The molecule has 16 heavy (non-hydrogen) atoms. The third-order valence-corrected chi connectivity index (χ3v) is 3.85. The fraction of sp³-hybridized carbons (Fsp3) is 0.636. The summed E-state index contributed by atoms with van der Waals surface area (Å²) in [5.41, 5.74) is 0. The molecule has 0 radical (unpaired) electrons. The van der Waals surface area contributed by atoms with Gasteiger partial charge in [0.1, 0.15) is 5.03 Å². The van der Waals surface area contributed by atoms with Crippen molar-refractivity contribution in [3.05, 3.63) is 10.7 Å². The highest BCUT2D eigenvalue weighted by atomic mass is 79.9. The van der Waals surface area contributed by atoms with Gasteiger partial charge >= 0.3 is 0 Å². The molecule has 0 saturated carbocycles. The van der Waals surface area contributed by atoms with Gasteiger partial charge < -0.3 is 5.32 Å². The quantitative estimate of drug-likeness (QED) is 0.640. The first kappa shape index (κ1) is 13.8. The fourth-order valence-corrected chi connectivity index (χ4v) is 2.75. The number of halogens is 1. The molecule has 1 heterocycles. The summed E-state index contributed by atoms with van der Waals surface area (Å²) in [6.07, 6.45) is 3.01. The molecule has 0 unspecified atom stereocenters. The summed E-state index contributed by atoms with van der Waals surface area (Å²) in [4.78, 5) is 8.64. The Morgan fingerprint density at radius 3 is 2.88 bits per heavy atom. The van der Waals surface area contributed by atoms with Gasteiger partial charge in [0.25, 0.3) is 0 Å². The van der Waals surface area contributed by atoms with Crippen molar-refractivity contribution < 1.29 is 0 Å². The SMILES string of the molecule is CCNc1ncc(Br)c(SCCC(C)C)n1. The highest BCUT2D eigenvalue weighted by Crippen LogP contribution is 2.26. The van der Waals surface area contributed by atoms with Crippen molar-refractivity contribution >= 4 is 33.6 Å². The summed E-state index contributed by atoms with van der Waals surface area (Å²) >= 11 is 5.25. The van der Waals surface area contributed by atoms with Crippen molar-refractivity contribution in [3.63, 3.8) is 0 Å². The van der Waals surface area contributed by atoms with Gasteiger partial charge in [0.2, 0.25) is 5.95 Å². The van der Waals surface area contributed by atoms with Gasteiger partial charge in [0.15, 0.2) is 0 Å². The molecule has 90 valence electrons. The van der Waals surface area contributed by atoms with E-state index in [2.05, 4.69) is 45.1 Å². The Morgan fingerprint density at radius 1 is 1.50 bits per heavy atom. The third kappa shape index (κ3) is 4.70. The second-order valence-electron chi connectivity index (χ2n) is 3.91. The molecule has 0 saturated heterocycles. The first-order valence-electron chi connectivity index (χ1n) is 5.52. The van der Waals surface area contributed by atoms with Crippen LogP contribution in [0.1, 0.15) is 27.2 Å². The minimum Gasteiger partial charge on any atom is -0.354 e. The van der Waals surface area contributed by atoms with E-state index < -0.39 is 0 Å². The maximum absolute atomic E-state index is 4.45. The van der Waals surface area contributed by atoms with Crippen molar-refractivity contribution in [2.45, 2.75) is 32.2 Å². The van der Waals surface area contributed by atoms with Crippen LogP contribution < -0.4 is 5.32 Å². The topological polar surface area (TPSA) is 37.8 Å². The lowest BCUT2D eigenvalue weighted by Crippen LogP contribution is -2.02. The van der Waals surface area contributed by atoms with Gasteiger partial charge in [-0.05, 0) is 40.9 Å². The van der Waals surface area contributed by atoms with E-state index in [1.807, 2.05) is 13.1 Å². The molecular formula is C11H18BrN3S. The number of hydrogen-bond donors (Lipinski definition) is 1. The number of nitrogens with zero attached hydrogens (tertiary/aromatic N) is 2. The number of thioether (sulfide) groups is 1. The molecule has 1 aromatic heterocycles. The Labute approximate surface area is 110 Å². The van der Waals surface area contributed by atoms with E-state index in [9.17, 15) is 0 Å². The van der Waals surface area contributed by atoms with Crippen LogP contribution in [-0.4, -0.2) is 22.3 Å². The fourth-order valence-electron chi connectivity index (χ4n) is 1.09. The van der Waals surface area contributed by atoms with E-state index in [0.29, 0.717) is 5.95 Å². The minimum atomic E-state index is 0.706. The number of aromatic nitrogens is 2. The van der Waals surface area contributed by atoms with Gasteiger partial charge in [-0.15, -0.1) is 11.8 Å². The van der Waals surface area contributed by atoms with Crippen molar-refractivity contribution in [1.82, 2.24) is 9.97 Å². The Hall–Kier alpha value is -0.290. The van der Waals surface area contributed by atoms with Crippen LogP contribution >= 0.6 is 27.7 Å². The largest absolute Gasteiger partial charge is 0.354 e. The lowest BCUT2D eigenvalue weighted by Gasteiger charge is -2.07. The van der Waals surface area contributed by atoms with Crippen LogP contribution in [0.5, 0.6) is 0 Å². The van der Waals surface area contributed by atoms with Gasteiger partial charge in [-0.1, -0.05) is 13.8 Å². The van der Waals surface area contributed by atoms with Gasteiger partial charge in [-0.25, -0.2) is 9.97 Å². The summed E-state index contributed by atoms with van der Waals surface area (Å²) in [5, 5.41) is 4.14. The van der Waals surface area contributed by atoms with Crippen molar-refractivity contribution in [2.24, 2.45) is 5.92 Å². The van der Waals surface area contributed by atoms with Crippen LogP contribution in [-0.2, 0) is 0 Å². The van der Waals surface area contributed by atoms with Gasteiger partial charge in [0.05, 0.1) is 4.47 Å². The maximum Gasteiger partial charge on any atom is 0.223 e. The second kappa shape index (κ2) is 7.12. The Balaban J connectivity index is 2.59. The zero-order valence-corrected chi connectivity index (χ0v) is 12.4. The molecule has 0 spiro atoms. The van der Waals surface area contributed by atoms with E-state index in [0.717, 1.165) is 27.7 Å². The molecule has 1 rings (SSSR count). The molecule has 1 aromatic rings. The third-order valence-electron chi connectivity index (χ3n) is 1.98. The first-order valence-corrected chi connectivity index (χ1v) is 7.30. The Bertz CT molecular complexity index is 331. The smallest absolute Gasteiger partial charge is 0.223 e. The van der Waals surface area contributed by atoms with E-state index >= 15 is 0 Å². The predicted molar refractivity (Wildman–Crippen MR) is 74.1 cm³/mol. The van der Waals surface area contributed by atoms with Crippen LogP contribution in [0.15, 0.2) is 15.7 Å². The number of hydrogen-bond acceptors (Lipinski definition) is 4. The van der Waals surface area contributed by atoms with Crippen molar-refractivity contribution in [3.8, 4) is 0 Å². The monoisotopic (exact) mass is 303 g/mol. The molecule has 1 N–H and O–H groups in total. The highest BCUT2D eigenvalue weighted by molar-refractivity contribution is 9.10. The summed E-state index contributed by atoms with van der Waals surface area (Å²) in [7, 11) is 0. The lowest BCUT2D eigenvalue weighted by atomic mass is 10.2. The molecule has 0 atom stereocenters. The van der Waals surface area contributed by atoms with Crippen LogP contribution in [0, 0.1) is 5.92 Å². The zero-order valence-electron chi connectivity index (χ0n) is 9.96. The Kier molecular flexibility index (Phi) is 6.13. The number of rotatable bonds is 6. The van der Waals surface area contributed by atoms with E-state index in [1.165, 1.54) is 6.42 Å². The van der Waals surface area contributed by atoms with Gasteiger partial charge in [-0.2, -0.15) is 0 Å². The molecule has 0 amide bonds. The summed E-state index contributed by atoms with van der Waals surface area (Å²) in [6.45, 7) is 7.36. The second-order valence-corrected chi connectivity index (χ2v) is 5.85. The molecule has 0 fully saturated rings. The predicted octanol–water partition coefficient (Wildman–Crippen LogP) is 3.81. The zero-order chi connectivity index (χ0) is 12.0. The van der Waals surface area contributed by atoms with Crippen molar-refractivity contribution in [1.29, 1.82) is 0 Å². The molecule has 0 aliphatic carbocycles.